The van der Waals surface area contributed by atoms with Gasteiger partial charge in [-0.25, -0.2) is 13.4 Å². The van der Waals surface area contributed by atoms with Crippen molar-refractivity contribution >= 4 is 9.84 Å². The average molecular weight is 409 g/mol. The van der Waals surface area contributed by atoms with Gasteiger partial charge in [-0.1, -0.05) is 0 Å². The van der Waals surface area contributed by atoms with Crippen LogP contribution in [0.4, 0.5) is 0 Å². The van der Waals surface area contributed by atoms with Crippen LogP contribution in [0.1, 0.15) is 29.0 Å². The Balaban J connectivity index is 1.86. The Labute approximate surface area is 166 Å². The zero-order valence-corrected chi connectivity index (χ0v) is 17.7. The zero-order valence-electron chi connectivity index (χ0n) is 16.9. The van der Waals surface area contributed by atoms with E-state index < -0.39 is 9.84 Å². The third-order valence-electron chi connectivity index (χ3n) is 5.33. The van der Waals surface area contributed by atoms with Crippen LogP contribution < -0.4 is 4.74 Å². The number of aliphatic hydroxyl groups is 1. The van der Waals surface area contributed by atoms with Crippen LogP contribution in [0.3, 0.4) is 0 Å². The number of hydrogen-bond acceptors (Lipinski definition) is 7. The summed E-state index contributed by atoms with van der Waals surface area (Å²) in [6, 6.07) is 3.87. The Morgan fingerprint density at radius 2 is 2.04 bits per heavy atom. The van der Waals surface area contributed by atoms with Crippen molar-refractivity contribution in [1.82, 2.24) is 9.88 Å². The van der Waals surface area contributed by atoms with Crippen molar-refractivity contribution in [3.05, 3.63) is 34.7 Å². The molecular weight excluding hydrogens is 380 g/mol. The van der Waals surface area contributed by atoms with E-state index in [2.05, 4.69) is 4.98 Å². The van der Waals surface area contributed by atoms with E-state index in [1.807, 2.05) is 37.8 Å². The molecule has 0 radical (unpaired) electrons. The fraction of sp³-hybridized carbons (Fsp3) is 0.550. The molecule has 0 saturated carbocycles. The van der Waals surface area contributed by atoms with Crippen molar-refractivity contribution in [2.45, 2.75) is 39.8 Å². The minimum Gasteiger partial charge on any atom is -0.496 e. The quantitative estimate of drug-likeness (QED) is 0.751. The molecule has 3 rings (SSSR count). The van der Waals surface area contributed by atoms with Gasteiger partial charge in [0.15, 0.2) is 9.84 Å². The summed E-state index contributed by atoms with van der Waals surface area (Å²) in [6.07, 6.45) is 0.586. The second-order valence-electron chi connectivity index (χ2n) is 7.41. The Morgan fingerprint density at radius 1 is 1.29 bits per heavy atom. The van der Waals surface area contributed by atoms with Gasteiger partial charge < -0.3 is 14.3 Å². The minimum absolute atomic E-state index is 0.0307. The summed E-state index contributed by atoms with van der Waals surface area (Å²) < 4.78 is 35.0. The lowest BCUT2D eigenvalue weighted by molar-refractivity contribution is 0.152. The molecule has 0 spiro atoms. The molecule has 0 unspecified atom stereocenters. The molecule has 1 saturated heterocycles. The average Bonchev–Trinajstić information content (AvgIpc) is 3.18. The van der Waals surface area contributed by atoms with Gasteiger partial charge >= 0.3 is 0 Å². The summed E-state index contributed by atoms with van der Waals surface area (Å²) in [5.41, 5.74) is 3.67. The molecule has 1 aliphatic heterocycles. The number of ether oxygens (including phenoxy) is 1. The van der Waals surface area contributed by atoms with Crippen molar-refractivity contribution in [3.8, 4) is 17.2 Å². The second-order valence-corrected chi connectivity index (χ2v) is 9.64. The predicted octanol–water partition coefficient (Wildman–Crippen LogP) is 2.26. The Hall–Kier alpha value is -1.90. The number of benzene rings is 1. The number of rotatable bonds is 7. The molecule has 154 valence electrons. The van der Waals surface area contributed by atoms with E-state index in [0.717, 1.165) is 28.1 Å². The maximum absolute atomic E-state index is 11.8. The van der Waals surface area contributed by atoms with Gasteiger partial charge in [0.2, 0.25) is 5.89 Å². The summed E-state index contributed by atoms with van der Waals surface area (Å²) in [5.74, 6) is 2.40. The van der Waals surface area contributed by atoms with Gasteiger partial charge in [0.1, 0.15) is 11.5 Å². The van der Waals surface area contributed by atoms with E-state index in [1.165, 1.54) is 0 Å². The minimum atomic E-state index is -3.00. The monoisotopic (exact) mass is 408 g/mol. The predicted molar refractivity (Wildman–Crippen MR) is 107 cm³/mol. The van der Waals surface area contributed by atoms with Gasteiger partial charge in [0, 0.05) is 24.7 Å². The number of nitrogens with zero attached hydrogens (tertiary/aromatic N) is 2. The molecule has 0 amide bonds. The van der Waals surface area contributed by atoms with Crippen LogP contribution in [-0.2, 0) is 16.4 Å². The molecule has 1 atom stereocenters. The molecule has 2 aromatic rings. The van der Waals surface area contributed by atoms with Crippen molar-refractivity contribution in [1.29, 1.82) is 0 Å². The van der Waals surface area contributed by atoms with Crippen LogP contribution in [-0.4, -0.2) is 61.2 Å². The first-order valence-electron chi connectivity index (χ1n) is 9.41. The highest BCUT2D eigenvalue weighted by Crippen LogP contribution is 2.31. The summed E-state index contributed by atoms with van der Waals surface area (Å²) in [4.78, 5) is 6.68. The fourth-order valence-electron chi connectivity index (χ4n) is 3.70. The topological polar surface area (TPSA) is 92.9 Å². The van der Waals surface area contributed by atoms with Gasteiger partial charge in [-0.2, -0.15) is 0 Å². The molecule has 0 bridgehead atoms. The van der Waals surface area contributed by atoms with Crippen LogP contribution >= 0.6 is 0 Å². The SMILES string of the molecule is COc1cc(C)c(-c2nc(CN(CCO)[C@H]3CCS(=O)(=O)C3)c(C)o2)cc1C. The Morgan fingerprint density at radius 3 is 2.64 bits per heavy atom. The molecule has 28 heavy (non-hydrogen) atoms. The molecule has 1 aliphatic rings. The lowest BCUT2D eigenvalue weighted by Crippen LogP contribution is -2.38. The van der Waals surface area contributed by atoms with Crippen LogP contribution in [0.25, 0.3) is 11.5 Å². The zero-order chi connectivity index (χ0) is 20.5. The molecule has 1 aromatic carbocycles. The molecular formula is C20H28N2O5S. The summed E-state index contributed by atoms with van der Waals surface area (Å²) in [5, 5.41) is 9.43. The van der Waals surface area contributed by atoms with Gasteiger partial charge in [-0.15, -0.1) is 0 Å². The van der Waals surface area contributed by atoms with Crippen LogP contribution in [0.15, 0.2) is 16.5 Å². The number of aliphatic hydroxyl groups excluding tert-OH is 1. The van der Waals surface area contributed by atoms with Crippen molar-refractivity contribution < 1.29 is 22.7 Å². The Bertz CT molecular complexity index is 952. The molecule has 1 aromatic heterocycles. The third-order valence-corrected chi connectivity index (χ3v) is 7.08. The normalized spacial score (nSPS) is 18.7. The molecule has 8 heteroatoms. The summed E-state index contributed by atoms with van der Waals surface area (Å²) in [7, 11) is -1.35. The number of aromatic nitrogens is 1. The molecule has 7 nitrogen and oxygen atoms in total. The number of sulfone groups is 1. The number of oxazole rings is 1. The van der Waals surface area contributed by atoms with Crippen molar-refractivity contribution in [2.24, 2.45) is 0 Å². The largest absolute Gasteiger partial charge is 0.496 e. The van der Waals surface area contributed by atoms with Crippen LogP contribution in [0.5, 0.6) is 5.75 Å². The number of aryl methyl sites for hydroxylation is 3. The van der Waals surface area contributed by atoms with Crippen LogP contribution in [0, 0.1) is 20.8 Å². The van der Waals surface area contributed by atoms with Gasteiger partial charge in [-0.05, 0) is 50.5 Å². The number of methoxy groups -OCH3 is 1. The van der Waals surface area contributed by atoms with Gasteiger partial charge in [0.05, 0.1) is 30.9 Å². The maximum Gasteiger partial charge on any atom is 0.226 e. The van der Waals surface area contributed by atoms with Gasteiger partial charge in [-0.3, -0.25) is 4.90 Å². The second kappa shape index (κ2) is 8.23. The van der Waals surface area contributed by atoms with Crippen molar-refractivity contribution in [3.63, 3.8) is 0 Å². The highest BCUT2D eigenvalue weighted by Gasteiger charge is 2.32. The first-order valence-corrected chi connectivity index (χ1v) is 11.2. The van der Waals surface area contributed by atoms with E-state index in [4.69, 9.17) is 9.15 Å². The molecule has 1 fully saturated rings. The molecule has 0 aliphatic carbocycles. The fourth-order valence-corrected chi connectivity index (χ4v) is 5.47. The van der Waals surface area contributed by atoms with E-state index in [1.54, 1.807) is 7.11 Å². The molecule has 1 N–H and O–H groups in total. The first kappa shape index (κ1) is 20.8. The lowest BCUT2D eigenvalue weighted by Gasteiger charge is -2.26. The molecule has 2 heterocycles. The van der Waals surface area contributed by atoms with Gasteiger partial charge in [0.25, 0.3) is 0 Å². The van der Waals surface area contributed by atoms with E-state index in [9.17, 15) is 13.5 Å². The van der Waals surface area contributed by atoms with E-state index in [0.29, 0.717) is 31.2 Å². The maximum atomic E-state index is 11.8. The number of hydrogen-bond donors (Lipinski definition) is 1. The lowest BCUT2D eigenvalue weighted by atomic mass is 10.0. The van der Waals surface area contributed by atoms with E-state index >= 15 is 0 Å². The smallest absolute Gasteiger partial charge is 0.226 e. The highest BCUT2D eigenvalue weighted by atomic mass is 32.2. The summed E-state index contributed by atoms with van der Waals surface area (Å²) in [6.45, 7) is 6.64. The highest BCUT2D eigenvalue weighted by molar-refractivity contribution is 7.91. The van der Waals surface area contributed by atoms with E-state index in [-0.39, 0.29) is 24.2 Å². The first-order chi connectivity index (χ1) is 13.2. The standard InChI is InChI=1S/C20H28N2O5S/c1-13-10-19(26-4)14(2)9-17(13)20-21-18(15(3)27-20)11-22(6-7-23)16-5-8-28(24,25)12-16/h9-10,16,23H,5-8,11-12H2,1-4H3/t16-/m0/s1. The van der Waals surface area contributed by atoms with Crippen LogP contribution in [0.2, 0.25) is 0 Å². The van der Waals surface area contributed by atoms with Crippen molar-refractivity contribution in [2.75, 3.05) is 31.8 Å². The Kier molecular flexibility index (Phi) is 6.12. The summed E-state index contributed by atoms with van der Waals surface area (Å²) >= 11 is 0. The third kappa shape index (κ3) is 4.39.